The van der Waals surface area contributed by atoms with E-state index in [4.69, 9.17) is 4.74 Å². The van der Waals surface area contributed by atoms with Crippen molar-refractivity contribution >= 4 is 33.0 Å². The molecule has 0 saturated heterocycles. The molecule has 4 heteroatoms. The molecule has 0 aliphatic heterocycles. The normalized spacial score (nSPS) is 10.4. The Bertz CT molecular complexity index is 296. The summed E-state index contributed by atoms with van der Waals surface area (Å²) in [6, 6.07) is 1.97. The van der Waals surface area contributed by atoms with Crippen molar-refractivity contribution in [3.05, 3.63) is 20.8 Å². The zero-order valence-corrected chi connectivity index (χ0v) is 10.5. The van der Waals surface area contributed by atoms with Gasteiger partial charge in [0.1, 0.15) is 6.61 Å². The van der Waals surface area contributed by atoms with Crippen LogP contribution >= 0.6 is 27.3 Å². The van der Waals surface area contributed by atoms with Gasteiger partial charge in [-0.05, 0) is 28.4 Å². The Morgan fingerprint density at radius 1 is 1.64 bits per heavy atom. The first-order valence-corrected chi connectivity index (χ1v) is 6.22. The van der Waals surface area contributed by atoms with Crippen LogP contribution in [-0.2, 0) is 16.0 Å². The van der Waals surface area contributed by atoms with Gasteiger partial charge in [-0.3, -0.25) is 4.79 Å². The van der Waals surface area contributed by atoms with E-state index >= 15 is 0 Å². The van der Waals surface area contributed by atoms with Gasteiger partial charge in [-0.1, -0.05) is 6.92 Å². The number of ether oxygens (including phenoxy) is 1. The molecule has 0 amide bonds. The van der Waals surface area contributed by atoms with Crippen molar-refractivity contribution in [2.45, 2.75) is 19.8 Å². The number of hydrogen-bond acceptors (Lipinski definition) is 3. The van der Waals surface area contributed by atoms with Crippen LogP contribution in [0.5, 0.6) is 0 Å². The predicted molar refractivity (Wildman–Crippen MR) is 61.8 cm³/mol. The number of ketones is 1. The van der Waals surface area contributed by atoms with E-state index in [1.54, 1.807) is 11.3 Å². The lowest BCUT2D eigenvalue weighted by Gasteiger charge is -1.99. The van der Waals surface area contributed by atoms with Crippen molar-refractivity contribution in [2.75, 3.05) is 13.2 Å². The molecule has 14 heavy (non-hydrogen) atoms. The average Bonchev–Trinajstić information content (AvgIpc) is 2.52. The SMILES string of the molecule is CCCOCC(=O)Cc1cc(Br)cs1. The maximum atomic E-state index is 11.4. The topological polar surface area (TPSA) is 26.3 Å². The predicted octanol–water partition coefficient (Wildman–Crippen LogP) is 3.05. The van der Waals surface area contributed by atoms with Crippen LogP contribution in [0.15, 0.2) is 15.9 Å². The van der Waals surface area contributed by atoms with Crippen molar-refractivity contribution in [1.82, 2.24) is 0 Å². The summed E-state index contributed by atoms with van der Waals surface area (Å²) in [4.78, 5) is 12.4. The Balaban J connectivity index is 2.27. The number of thiophene rings is 1. The van der Waals surface area contributed by atoms with Gasteiger partial charge in [0.25, 0.3) is 0 Å². The Morgan fingerprint density at radius 3 is 3.00 bits per heavy atom. The fraction of sp³-hybridized carbons (Fsp3) is 0.500. The molecule has 1 rings (SSSR count). The van der Waals surface area contributed by atoms with Gasteiger partial charge in [-0.2, -0.15) is 0 Å². The summed E-state index contributed by atoms with van der Waals surface area (Å²) in [6.07, 6.45) is 1.44. The molecule has 0 unspecified atom stereocenters. The van der Waals surface area contributed by atoms with Gasteiger partial charge in [0.15, 0.2) is 5.78 Å². The van der Waals surface area contributed by atoms with Gasteiger partial charge in [0.2, 0.25) is 0 Å². The summed E-state index contributed by atoms with van der Waals surface area (Å²) in [5.74, 6) is 0.146. The lowest BCUT2D eigenvalue weighted by Crippen LogP contribution is -2.11. The van der Waals surface area contributed by atoms with E-state index in [0.29, 0.717) is 13.0 Å². The average molecular weight is 277 g/mol. The van der Waals surface area contributed by atoms with Crippen molar-refractivity contribution < 1.29 is 9.53 Å². The molecule has 2 nitrogen and oxygen atoms in total. The molecule has 0 spiro atoms. The molecule has 0 radical (unpaired) electrons. The third-order valence-corrected chi connectivity index (χ3v) is 3.30. The van der Waals surface area contributed by atoms with Crippen LogP contribution < -0.4 is 0 Å². The molecule has 0 aliphatic carbocycles. The fourth-order valence-corrected chi connectivity index (χ4v) is 2.50. The van der Waals surface area contributed by atoms with Crippen molar-refractivity contribution in [2.24, 2.45) is 0 Å². The summed E-state index contributed by atoms with van der Waals surface area (Å²) >= 11 is 4.95. The summed E-state index contributed by atoms with van der Waals surface area (Å²) in [6.45, 7) is 2.93. The van der Waals surface area contributed by atoms with Gasteiger partial charge < -0.3 is 4.74 Å². The Kier molecular flexibility index (Phi) is 5.37. The monoisotopic (exact) mass is 276 g/mol. The van der Waals surface area contributed by atoms with Crippen LogP contribution in [0.25, 0.3) is 0 Å². The summed E-state index contributed by atoms with van der Waals surface area (Å²) in [7, 11) is 0. The zero-order valence-electron chi connectivity index (χ0n) is 8.09. The number of rotatable bonds is 6. The van der Waals surface area contributed by atoms with Crippen LogP contribution in [0, 0.1) is 0 Å². The van der Waals surface area contributed by atoms with Crippen LogP contribution in [0.1, 0.15) is 18.2 Å². The fourth-order valence-electron chi connectivity index (χ4n) is 1.02. The molecule has 0 aliphatic rings. The first-order valence-electron chi connectivity index (χ1n) is 4.54. The van der Waals surface area contributed by atoms with E-state index in [0.717, 1.165) is 15.8 Å². The minimum atomic E-state index is 0.146. The summed E-state index contributed by atoms with van der Waals surface area (Å²) in [5.41, 5.74) is 0. The van der Waals surface area contributed by atoms with E-state index in [9.17, 15) is 4.79 Å². The second-order valence-corrected chi connectivity index (χ2v) is 4.91. The molecule has 0 aromatic carbocycles. The minimum absolute atomic E-state index is 0.146. The number of carbonyl (C=O) groups excluding carboxylic acids is 1. The highest BCUT2D eigenvalue weighted by Crippen LogP contribution is 2.20. The van der Waals surface area contributed by atoms with E-state index in [2.05, 4.69) is 15.9 Å². The lowest BCUT2D eigenvalue weighted by molar-refractivity contribution is -0.122. The maximum absolute atomic E-state index is 11.4. The van der Waals surface area contributed by atoms with Gasteiger partial charge in [-0.25, -0.2) is 0 Å². The van der Waals surface area contributed by atoms with E-state index in [-0.39, 0.29) is 12.4 Å². The molecular formula is C10H13BrO2S. The van der Waals surface area contributed by atoms with Crippen molar-refractivity contribution in [1.29, 1.82) is 0 Å². The van der Waals surface area contributed by atoms with Gasteiger partial charge in [0, 0.05) is 27.8 Å². The van der Waals surface area contributed by atoms with Crippen LogP contribution in [-0.4, -0.2) is 19.0 Å². The largest absolute Gasteiger partial charge is 0.374 e. The summed E-state index contributed by atoms with van der Waals surface area (Å²) < 4.78 is 6.21. The Hall–Kier alpha value is -0.190. The van der Waals surface area contributed by atoms with Crippen LogP contribution in [0.3, 0.4) is 0 Å². The molecule has 1 aromatic heterocycles. The third-order valence-electron chi connectivity index (χ3n) is 1.60. The third kappa shape index (κ3) is 4.35. The van der Waals surface area contributed by atoms with Crippen LogP contribution in [0.2, 0.25) is 0 Å². The lowest BCUT2D eigenvalue weighted by atomic mass is 10.2. The summed E-state index contributed by atoms with van der Waals surface area (Å²) in [5, 5.41) is 1.98. The van der Waals surface area contributed by atoms with Gasteiger partial charge >= 0.3 is 0 Å². The quantitative estimate of drug-likeness (QED) is 0.747. The Morgan fingerprint density at radius 2 is 2.43 bits per heavy atom. The molecule has 78 valence electrons. The number of halogens is 1. The number of carbonyl (C=O) groups is 1. The Labute approximate surface area is 96.4 Å². The van der Waals surface area contributed by atoms with Gasteiger partial charge in [-0.15, -0.1) is 11.3 Å². The van der Waals surface area contributed by atoms with Gasteiger partial charge in [0.05, 0.1) is 0 Å². The second-order valence-electron chi connectivity index (χ2n) is 3.00. The molecular weight excluding hydrogens is 264 g/mol. The molecule has 0 fully saturated rings. The number of Topliss-reactive ketones (excluding diaryl/α,β-unsaturated/α-hetero) is 1. The van der Waals surface area contributed by atoms with E-state index < -0.39 is 0 Å². The minimum Gasteiger partial charge on any atom is -0.374 e. The molecule has 0 bridgehead atoms. The maximum Gasteiger partial charge on any atom is 0.163 e. The molecule has 0 saturated carbocycles. The van der Waals surface area contributed by atoms with E-state index in [1.165, 1.54) is 0 Å². The van der Waals surface area contributed by atoms with Crippen molar-refractivity contribution in [3.63, 3.8) is 0 Å². The highest BCUT2D eigenvalue weighted by molar-refractivity contribution is 9.10. The standard InChI is InChI=1S/C10H13BrO2S/c1-2-3-13-6-9(12)5-10-4-8(11)7-14-10/h4,7H,2-3,5-6H2,1H3. The first kappa shape index (κ1) is 11.9. The second kappa shape index (κ2) is 6.32. The highest BCUT2D eigenvalue weighted by Gasteiger charge is 2.05. The zero-order chi connectivity index (χ0) is 10.4. The molecule has 1 heterocycles. The van der Waals surface area contributed by atoms with Crippen LogP contribution in [0.4, 0.5) is 0 Å². The molecule has 0 atom stereocenters. The smallest absolute Gasteiger partial charge is 0.163 e. The molecule has 0 N–H and O–H groups in total. The van der Waals surface area contributed by atoms with Crippen molar-refractivity contribution in [3.8, 4) is 0 Å². The van der Waals surface area contributed by atoms with E-state index in [1.807, 2.05) is 18.4 Å². The number of hydrogen-bond donors (Lipinski definition) is 0. The molecule has 1 aromatic rings. The highest BCUT2D eigenvalue weighted by atomic mass is 79.9. The first-order chi connectivity index (χ1) is 6.72.